The van der Waals surface area contributed by atoms with Crippen LogP contribution in [0.25, 0.3) is 11.1 Å². The van der Waals surface area contributed by atoms with Crippen molar-refractivity contribution in [1.29, 1.82) is 5.26 Å². The van der Waals surface area contributed by atoms with Gasteiger partial charge in [0, 0.05) is 18.4 Å². The highest BCUT2D eigenvalue weighted by Crippen LogP contribution is 2.40. The van der Waals surface area contributed by atoms with Crippen molar-refractivity contribution in [1.82, 2.24) is 10.2 Å². The number of halogens is 2. The number of nitriles is 1. The van der Waals surface area contributed by atoms with Gasteiger partial charge in [0.15, 0.2) is 0 Å². The minimum absolute atomic E-state index is 0.0440. The molecule has 5 aromatic rings. The van der Waals surface area contributed by atoms with Crippen LogP contribution in [0.1, 0.15) is 39.5 Å². The fraction of sp³-hybridized carbons (Fsp3) is 0.167. The van der Waals surface area contributed by atoms with Gasteiger partial charge in [-0.15, -0.1) is 0 Å². The highest BCUT2D eigenvalue weighted by atomic mass is 35.5. The summed E-state index contributed by atoms with van der Waals surface area (Å²) in [4.78, 5) is 52.5. The predicted octanol–water partition coefficient (Wildman–Crippen LogP) is 7.40. The van der Waals surface area contributed by atoms with Crippen molar-refractivity contribution in [3.05, 3.63) is 147 Å². The molecule has 0 aliphatic carbocycles. The van der Waals surface area contributed by atoms with Crippen LogP contribution in [0, 0.1) is 11.3 Å². The summed E-state index contributed by atoms with van der Waals surface area (Å²) < 4.78 is 12.0. The number of fused-ring (bicyclic) bond motifs is 2. The summed E-state index contributed by atoms with van der Waals surface area (Å²) in [7, 11) is 0. The van der Waals surface area contributed by atoms with Crippen molar-refractivity contribution >= 4 is 52.8 Å². The normalized spacial score (nSPS) is 16.2. The van der Waals surface area contributed by atoms with Crippen LogP contribution in [-0.4, -0.2) is 51.1 Å². The number of anilines is 1. The Bertz CT molecular complexity index is 2380. The lowest BCUT2D eigenvalue weighted by atomic mass is 9.92. The topological polar surface area (TPSA) is 178 Å². The van der Waals surface area contributed by atoms with Gasteiger partial charge in [0.05, 0.1) is 33.9 Å². The molecule has 2 aliphatic heterocycles. The highest BCUT2D eigenvalue weighted by molar-refractivity contribution is 6.42. The number of nitrogens with zero attached hydrogens (tertiary/aromatic N) is 2. The zero-order valence-electron chi connectivity index (χ0n) is 29.4. The largest absolute Gasteiger partial charge is 0.489 e. The highest BCUT2D eigenvalue weighted by Gasteiger charge is 2.38. The molecule has 0 spiro atoms. The lowest BCUT2D eigenvalue weighted by molar-refractivity contribution is -0.142. The third-order valence-electron chi connectivity index (χ3n) is 9.65. The zero-order chi connectivity index (χ0) is 39.5. The fourth-order valence-corrected chi connectivity index (χ4v) is 6.97. The van der Waals surface area contributed by atoms with Gasteiger partial charge in [-0.2, -0.15) is 5.26 Å². The molecule has 56 heavy (non-hydrogen) atoms. The van der Waals surface area contributed by atoms with Gasteiger partial charge >= 0.3 is 12.1 Å². The summed E-state index contributed by atoms with van der Waals surface area (Å²) in [5, 5.41) is 35.5. The standard InChI is InChI=1S/C42H32Cl2N4O8/c43-32-14-5-25(15-33(32)44)22-55-31-12-10-28(11-13-31)38-40(50)46-34-17-29-18-36(48(42(53)54)21-30(29)19-37(34)56-38)39(49)47-35(41(51)52)16-23-1-6-26(7-2-23)27-8-3-24(20-45)4-9-27/h1-15,17,19,35-36,38H,16,18,21-22H2,(H,46,50)(H,47,49)(H,51,52)(H,53,54)/t35-,36?,38-/m0/s1. The van der Waals surface area contributed by atoms with Crippen molar-refractivity contribution in [3.63, 3.8) is 0 Å². The van der Waals surface area contributed by atoms with E-state index in [0.717, 1.165) is 21.6 Å². The fourth-order valence-electron chi connectivity index (χ4n) is 6.65. The number of carboxylic acids is 1. The lowest BCUT2D eigenvalue weighted by Gasteiger charge is -2.36. The molecule has 12 nitrogen and oxygen atoms in total. The molecule has 4 N–H and O–H groups in total. The summed E-state index contributed by atoms with van der Waals surface area (Å²) >= 11 is 12.1. The number of carbonyl (C=O) groups is 4. The molecule has 0 aromatic heterocycles. The van der Waals surface area contributed by atoms with Crippen molar-refractivity contribution in [2.24, 2.45) is 0 Å². The molecule has 0 fully saturated rings. The molecule has 0 saturated carbocycles. The predicted molar refractivity (Wildman–Crippen MR) is 207 cm³/mol. The maximum Gasteiger partial charge on any atom is 0.408 e. The summed E-state index contributed by atoms with van der Waals surface area (Å²) in [6.07, 6.45) is -2.46. The summed E-state index contributed by atoms with van der Waals surface area (Å²) in [6, 6.07) is 29.1. The molecule has 14 heteroatoms. The van der Waals surface area contributed by atoms with Crippen LogP contribution in [0.15, 0.2) is 103 Å². The van der Waals surface area contributed by atoms with Crippen LogP contribution in [0.5, 0.6) is 11.5 Å². The maximum absolute atomic E-state index is 13.6. The van der Waals surface area contributed by atoms with Crippen LogP contribution in [0.2, 0.25) is 10.0 Å². The minimum atomic E-state index is -1.35. The summed E-state index contributed by atoms with van der Waals surface area (Å²) in [5.41, 5.74) is 5.86. The van der Waals surface area contributed by atoms with E-state index >= 15 is 0 Å². The van der Waals surface area contributed by atoms with Gasteiger partial charge < -0.3 is 30.3 Å². The Morgan fingerprint density at radius 3 is 2.21 bits per heavy atom. The Labute approximate surface area is 330 Å². The first kappa shape index (κ1) is 37.8. The number of ether oxygens (including phenoxy) is 2. The molecular formula is C42H32Cl2N4O8. The molecule has 0 radical (unpaired) electrons. The van der Waals surface area contributed by atoms with Crippen molar-refractivity contribution in [2.75, 3.05) is 5.32 Å². The van der Waals surface area contributed by atoms with E-state index in [2.05, 4.69) is 16.7 Å². The molecule has 282 valence electrons. The Morgan fingerprint density at radius 2 is 1.57 bits per heavy atom. The zero-order valence-corrected chi connectivity index (χ0v) is 30.9. The number of hydrogen-bond donors (Lipinski definition) is 4. The molecule has 5 aromatic carbocycles. The van der Waals surface area contributed by atoms with E-state index in [-0.39, 0.29) is 26.0 Å². The summed E-state index contributed by atoms with van der Waals surface area (Å²) in [5.74, 6) is -1.57. The Morgan fingerprint density at radius 1 is 0.893 bits per heavy atom. The average Bonchev–Trinajstić information content (AvgIpc) is 3.20. The average molecular weight is 792 g/mol. The van der Waals surface area contributed by atoms with Gasteiger partial charge in [-0.3, -0.25) is 14.5 Å². The second-order valence-electron chi connectivity index (χ2n) is 13.3. The van der Waals surface area contributed by atoms with E-state index in [1.807, 2.05) is 30.3 Å². The number of amides is 3. The smallest absolute Gasteiger partial charge is 0.408 e. The second kappa shape index (κ2) is 16.0. The van der Waals surface area contributed by atoms with Crippen LogP contribution in [0.4, 0.5) is 10.5 Å². The number of hydrogen-bond acceptors (Lipinski definition) is 7. The first-order valence-corrected chi connectivity index (χ1v) is 18.1. The second-order valence-corrected chi connectivity index (χ2v) is 14.1. The SMILES string of the molecule is N#Cc1ccc(-c2ccc(C[C@H](NC(=O)C3Cc4cc5c(cc4CN3C(=O)O)O[C@@H](c3ccc(OCc4ccc(Cl)c(Cl)c4)cc3)C(=O)N5)C(=O)O)cc2)cc1. The monoisotopic (exact) mass is 790 g/mol. The first-order valence-electron chi connectivity index (χ1n) is 17.4. The van der Waals surface area contributed by atoms with Crippen molar-refractivity contribution < 1.29 is 38.9 Å². The molecule has 0 bridgehead atoms. The molecule has 2 aliphatic rings. The Kier molecular flexibility index (Phi) is 10.8. The van der Waals surface area contributed by atoms with E-state index in [9.17, 15) is 29.4 Å². The number of aliphatic carboxylic acids is 1. The van der Waals surface area contributed by atoms with Crippen LogP contribution in [0.3, 0.4) is 0 Å². The third kappa shape index (κ3) is 8.24. The van der Waals surface area contributed by atoms with Gasteiger partial charge in [0.2, 0.25) is 12.0 Å². The van der Waals surface area contributed by atoms with Gasteiger partial charge in [-0.25, -0.2) is 9.59 Å². The molecule has 0 saturated heterocycles. The maximum atomic E-state index is 13.6. The third-order valence-corrected chi connectivity index (χ3v) is 10.4. The quantitative estimate of drug-likeness (QED) is 0.112. The lowest BCUT2D eigenvalue weighted by Crippen LogP contribution is -2.55. The number of nitrogens with one attached hydrogen (secondary N) is 2. The molecule has 3 amide bonds. The van der Waals surface area contributed by atoms with Gasteiger partial charge in [-0.1, -0.05) is 77.8 Å². The molecule has 3 atom stereocenters. The van der Waals surface area contributed by atoms with E-state index in [1.54, 1.807) is 72.8 Å². The van der Waals surface area contributed by atoms with Crippen LogP contribution >= 0.6 is 23.2 Å². The van der Waals surface area contributed by atoms with E-state index < -0.39 is 42.1 Å². The van der Waals surface area contributed by atoms with Crippen LogP contribution in [-0.2, 0) is 40.4 Å². The number of benzene rings is 5. The van der Waals surface area contributed by atoms with E-state index in [4.69, 9.17) is 37.9 Å². The molecule has 2 heterocycles. The van der Waals surface area contributed by atoms with Gasteiger partial charge in [0.1, 0.15) is 30.2 Å². The minimum Gasteiger partial charge on any atom is -0.489 e. The number of carboxylic acid groups (broad SMARTS) is 2. The Balaban J connectivity index is 1.02. The summed E-state index contributed by atoms with van der Waals surface area (Å²) in [6.45, 7) is 0.0832. The van der Waals surface area contributed by atoms with Gasteiger partial charge in [0.25, 0.3) is 5.91 Å². The number of carbonyl (C=O) groups excluding carboxylic acids is 2. The van der Waals surface area contributed by atoms with E-state index in [1.165, 1.54) is 0 Å². The number of rotatable bonds is 10. The Hall–Kier alpha value is -6.55. The van der Waals surface area contributed by atoms with Crippen molar-refractivity contribution in [3.8, 4) is 28.7 Å². The molecule has 1 unspecified atom stereocenters. The molecular weight excluding hydrogens is 759 g/mol. The molecule has 7 rings (SSSR count). The van der Waals surface area contributed by atoms with Gasteiger partial charge in [-0.05, 0) is 81.9 Å². The van der Waals surface area contributed by atoms with Crippen LogP contribution < -0.4 is 20.1 Å². The first-order chi connectivity index (χ1) is 26.9. The van der Waals surface area contributed by atoms with Crippen molar-refractivity contribution in [2.45, 2.75) is 44.2 Å². The van der Waals surface area contributed by atoms with E-state index in [0.29, 0.717) is 55.0 Å².